The first-order valence-corrected chi connectivity index (χ1v) is 11.9. The quantitative estimate of drug-likeness (QED) is 0.227. The van der Waals surface area contributed by atoms with E-state index in [9.17, 15) is 9.59 Å². The van der Waals surface area contributed by atoms with Crippen molar-refractivity contribution >= 4 is 23.2 Å². The molecule has 0 bridgehead atoms. The van der Waals surface area contributed by atoms with E-state index in [4.69, 9.17) is 4.74 Å². The molecule has 39 heavy (non-hydrogen) atoms. The van der Waals surface area contributed by atoms with Gasteiger partial charge >= 0.3 is 11.8 Å². The standard InChI is InChI=1S/C28H22N8O3/c1-16-12-19(6-10-22(16)31-33-24-14-29-35-27(24)37)26(18-4-8-21(39-3)9-5-18)20-7-11-23(17(2)13-20)32-34-25-15-30-36-28(25)38/h4-15,26H,1-3H3. The van der Waals surface area contributed by atoms with Crippen molar-refractivity contribution in [1.29, 1.82) is 0 Å². The van der Waals surface area contributed by atoms with Gasteiger partial charge in [-0.3, -0.25) is 9.59 Å². The highest BCUT2D eigenvalue weighted by Crippen LogP contribution is 2.37. The molecule has 0 N–H and O–H groups in total. The molecule has 5 rings (SSSR count). The van der Waals surface area contributed by atoms with Crippen molar-refractivity contribution in [2.45, 2.75) is 19.8 Å². The minimum Gasteiger partial charge on any atom is -0.497 e. The first-order valence-electron chi connectivity index (χ1n) is 11.9. The van der Waals surface area contributed by atoms with Crippen LogP contribution in [0.1, 0.15) is 33.7 Å². The van der Waals surface area contributed by atoms with Gasteiger partial charge in [-0.05, 0) is 65.9 Å². The van der Waals surface area contributed by atoms with E-state index in [1.165, 1.54) is 12.4 Å². The molecule has 2 amide bonds. The highest BCUT2D eigenvalue weighted by Gasteiger charge is 2.20. The van der Waals surface area contributed by atoms with Gasteiger partial charge in [-0.25, -0.2) is 0 Å². The molecule has 0 saturated carbocycles. The monoisotopic (exact) mass is 518 g/mol. The van der Waals surface area contributed by atoms with E-state index in [2.05, 4.69) is 53.0 Å². The minimum atomic E-state index is -0.512. The van der Waals surface area contributed by atoms with Gasteiger partial charge in [-0.2, -0.15) is 20.5 Å². The Kier molecular flexibility index (Phi) is 7.13. The third kappa shape index (κ3) is 5.52. The van der Waals surface area contributed by atoms with Gasteiger partial charge < -0.3 is 4.74 Å². The molecular weight excluding hydrogens is 496 g/mol. The number of azo groups is 4. The van der Waals surface area contributed by atoms with Crippen molar-refractivity contribution in [2.24, 2.45) is 40.9 Å². The van der Waals surface area contributed by atoms with Crippen LogP contribution < -0.4 is 4.74 Å². The average molecular weight is 519 g/mol. The number of rotatable bonds is 8. The van der Waals surface area contributed by atoms with Crippen molar-refractivity contribution in [3.8, 4) is 5.75 Å². The van der Waals surface area contributed by atoms with Crippen LogP contribution in [-0.4, -0.2) is 18.9 Å². The predicted octanol–water partition coefficient (Wildman–Crippen LogP) is 7.33. The molecule has 0 spiro atoms. The van der Waals surface area contributed by atoms with Crippen molar-refractivity contribution in [3.05, 3.63) is 112 Å². The number of carbonyl (C=O) groups excluding carboxylic acids is 2. The second-order valence-electron chi connectivity index (χ2n) is 8.77. The van der Waals surface area contributed by atoms with Crippen LogP contribution in [0.25, 0.3) is 0 Å². The number of nitrogens with zero attached hydrogens (tertiary/aromatic N) is 8. The molecule has 0 aromatic heterocycles. The lowest BCUT2D eigenvalue weighted by atomic mass is 9.83. The van der Waals surface area contributed by atoms with Gasteiger partial charge in [0.2, 0.25) is 0 Å². The fraction of sp³-hybridized carbons (Fsp3) is 0.143. The van der Waals surface area contributed by atoms with E-state index in [1.807, 2.05) is 62.4 Å². The van der Waals surface area contributed by atoms with Gasteiger partial charge in [0.05, 0.1) is 30.9 Å². The molecule has 11 heteroatoms. The van der Waals surface area contributed by atoms with Gasteiger partial charge in [0, 0.05) is 5.92 Å². The van der Waals surface area contributed by atoms with Crippen LogP contribution in [-0.2, 0) is 9.59 Å². The number of amides is 2. The summed E-state index contributed by atoms with van der Waals surface area (Å²) < 4.78 is 5.35. The maximum absolute atomic E-state index is 11.6. The van der Waals surface area contributed by atoms with Gasteiger partial charge in [0.15, 0.2) is 11.4 Å². The first kappa shape index (κ1) is 25.3. The highest BCUT2D eigenvalue weighted by molar-refractivity contribution is 5.95. The zero-order valence-corrected chi connectivity index (χ0v) is 21.3. The van der Waals surface area contributed by atoms with Crippen molar-refractivity contribution in [1.82, 2.24) is 0 Å². The molecule has 0 atom stereocenters. The Morgan fingerprint density at radius 2 is 1.10 bits per heavy atom. The number of carbonyl (C=O) groups is 2. The summed E-state index contributed by atoms with van der Waals surface area (Å²) in [5, 5.41) is 30.4. The van der Waals surface area contributed by atoms with E-state index < -0.39 is 11.8 Å². The molecule has 0 unspecified atom stereocenters. The number of methoxy groups -OCH3 is 1. The Morgan fingerprint density at radius 3 is 1.49 bits per heavy atom. The second-order valence-corrected chi connectivity index (χ2v) is 8.77. The number of aryl methyl sites for hydroxylation is 2. The zero-order valence-electron chi connectivity index (χ0n) is 21.3. The normalized spacial score (nSPS) is 15.5. The molecule has 0 saturated heterocycles. The van der Waals surface area contributed by atoms with Crippen LogP contribution in [0.3, 0.4) is 0 Å². The minimum absolute atomic E-state index is 0.0969. The molecular formula is C28H22N8O3. The summed E-state index contributed by atoms with van der Waals surface area (Å²) in [4.78, 5) is 23.3. The van der Waals surface area contributed by atoms with Crippen LogP contribution in [0.5, 0.6) is 5.75 Å². The molecule has 11 nitrogen and oxygen atoms in total. The lowest BCUT2D eigenvalue weighted by Crippen LogP contribution is -2.04. The summed E-state index contributed by atoms with van der Waals surface area (Å²) in [5.41, 5.74) is 6.38. The van der Waals surface area contributed by atoms with Gasteiger partial charge in [0.25, 0.3) is 0 Å². The largest absolute Gasteiger partial charge is 0.497 e. The molecule has 2 aliphatic heterocycles. The Bertz CT molecular complexity index is 1550. The fourth-order valence-corrected chi connectivity index (χ4v) is 4.15. The summed E-state index contributed by atoms with van der Waals surface area (Å²) >= 11 is 0. The Labute approximate surface area is 223 Å². The maximum Gasteiger partial charge on any atom is 0.317 e. The van der Waals surface area contributed by atoms with Crippen molar-refractivity contribution in [2.75, 3.05) is 7.11 Å². The Balaban J connectivity index is 1.49. The number of hydrogen-bond donors (Lipinski definition) is 0. The molecule has 0 radical (unpaired) electrons. The smallest absolute Gasteiger partial charge is 0.317 e. The van der Waals surface area contributed by atoms with E-state index >= 15 is 0 Å². The molecule has 192 valence electrons. The fourth-order valence-electron chi connectivity index (χ4n) is 4.15. The molecule has 2 aliphatic rings. The molecule has 2 heterocycles. The molecule has 3 aromatic rings. The van der Waals surface area contributed by atoms with Crippen LogP contribution in [0, 0.1) is 13.8 Å². The summed E-state index contributed by atoms with van der Waals surface area (Å²) in [6, 6.07) is 19.8. The lowest BCUT2D eigenvalue weighted by molar-refractivity contribution is -0.115. The maximum atomic E-state index is 11.6. The predicted molar refractivity (Wildman–Crippen MR) is 141 cm³/mol. The Hall–Kier alpha value is -5.32. The third-order valence-corrected chi connectivity index (χ3v) is 6.18. The molecule has 3 aromatic carbocycles. The number of benzene rings is 3. The molecule has 0 fully saturated rings. The Morgan fingerprint density at radius 1 is 0.641 bits per heavy atom. The molecule has 0 aliphatic carbocycles. The zero-order chi connectivity index (χ0) is 27.4. The SMILES string of the molecule is COc1ccc(C(c2ccc(N=NC3=CN=NC3=O)c(C)c2)c2ccc(N=NC3=CN=NC3=O)c(C)c2)cc1. The topological polar surface area (TPSA) is 142 Å². The lowest BCUT2D eigenvalue weighted by Gasteiger charge is -2.21. The number of hydrogen-bond acceptors (Lipinski definition) is 9. The van der Waals surface area contributed by atoms with E-state index in [0.29, 0.717) is 11.4 Å². The summed E-state index contributed by atoms with van der Waals surface area (Å²) in [7, 11) is 1.63. The highest BCUT2D eigenvalue weighted by atomic mass is 16.5. The summed E-state index contributed by atoms with van der Waals surface area (Å²) in [5.74, 6) is -0.372. The summed E-state index contributed by atoms with van der Waals surface area (Å²) in [6.45, 7) is 3.88. The van der Waals surface area contributed by atoms with E-state index in [0.717, 1.165) is 33.6 Å². The van der Waals surface area contributed by atoms with Gasteiger partial charge in [0.1, 0.15) is 5.75 Å². The van der Waals surface area contributed by atoms with Crippen LogP contribution >= 0.6 is 0 Å². The number of ether oxygens (including phenoxy) is 1. The summed E-state index contributed by atoms with van der Waals surface area (Å²) in [6.07, 6.45) is 2.57. The second kappa shape index (κ2) is 11.0. The van der Waals surface area contributed by atoms with E-state index in [1.54, 1.807) is 7.11 Å². The van der Waals surface area contributed by atoms with E-state index in [-0.39, 0.29) is 17.3 Å². The third-order valence-electron chi connectivity index (χ3n) is 6.18. The first-order chi connectivity index (χ1) is 18.9. The van der Waals surface area contributed by atoms with Gasteiger partial charge in [-0.15, -0.1) is 20.5 Å². The average Bonchev–Trinajstić information content (AvgIpc) is 3.55. The van der Waals surface area contributed by atoms with Crippen molar-refractivity contribution in [3.63, 3.8) is 0 Å². The van der Waals surface area contributed by atoms with Crippen LogP contribution in [0.4, 0.5) is 11.4 Å². The van der Waals surface area contributed by atoms with Gasteiger partial charge in [-0.1, -0.05) is 36.4 Å². The van der Waals surface area contributed by atoms with Crippen LogP contribution in [0.2, 0.25) is 0 Å². The van der Waals surface area contributed by atoms with Crippen LogP contribution in [0.15, 0.2) is 125 Å². The van der Waals surface area contributed by atoms with Crippen molar-refractivity contribution < 1.29 is 14.3 Å².